The maximum atomic E-state index is 13.7. The van der Waals surface area contributed by atoms with Crippen LogP contribution in [0, 0.1) is 11.2 Å². The van der Waals surface area contributed by atoms with E-state index in [1.807, 2.05) is 0 Å². The highest BCUT2D eigenvalue weighted by Crippen LogP contribution is 2.60. The number of carboxylic acids is 1. The maximum Gasteiger partial charge on any atom is 0.326 e. The van der Waals surface area contributed by atoms with E-state index in [9.17, 15) is 30.7 Å². The number of halogens is 4. The van der Waals surface area contributed by atoms with E-state index in [2.05, 4.69) is 5.32 Å². The molecule has 1 atom stereocenters. The monoisotopic (exact) mass is 497 g/mol. The minimum absolute atomic E-state index is 0.0194. The summed E-state index contributed by atoms with van der Waals surface area (Å²) in [5, 5.41) is 12.9. The van der Waals surface area contributed by atoms with E-state index in [1.54, 1.807) is 20.8 Å². The van der Waals surface area contributed by atoms with Gasteiger partial charge in [0.05, 0.1) is 10.5 Å². The van der Waals surface area contributed by atoms with Crippen molar-refractivity contribution in [1.29, 1.82) is 0 Å². The van der Waals surface area contributed by atoms with Gasteiger partial charge in [-0.25, -0.2) is 9.18 Å². The number of carbonyl (C=O) groups excluding carboxylic acids is 1. The van der Waals surface area contributed by atoms with Gasteiger partial charge in [0.1, 0.15) is 24.2 Å². The predicted molar refractivity (Wildman–Crippen MR) is 122 cm³/mol. The largest absolute Gasteiger partial charge is 0.487 e. The zero-order valence-electron chi connectivity index (χ0n) is 18.6. The van der Waals surface area contributed by atoms with E-state index in [4.69, 9.17) is 4.74 Å². The molecule has 182 valence electrons. The highest BCUT2D eigenvalue weighted by atomic mass is 32.3. The van der Waals surface area contributed by atoms with Crippen molar-refractivity contribution >= 4 is 33.8 Å². The quantitative estimate of drug-likeness (QED) is 0.361. The summed E-state index contributed by atoms with van der Waals surface area (Å²) in [6.45, 7) is 4.84. The summed E-state index contributed by atoms with van der Waals surface area (Å²) in [5.74, 6) is -2.35. The molecule has 3 aromatic carbocycles. The lowest BCUT2D eigenvalue weighted by molar-refractivity contribution is -0.142. The Labute approximate surface area is 195 Å². The van der Waals surface area contributed by atoms with Gasteiger partial charge in [-0.15, -0.1) is 11.7 Å². The Morgan fingerprint density at radius 1 is 1.03 bits per heavy atom. The molecule has 0 spiro atoms. The first-order valence-corrected chi connectivity index (χ1v) is 11.5. The third kappa shape index (κ3) is 5.80. The molecule has 3 rings (SSSR count). The van der Waals surface area contributed by atoms with Gasteiger partial charge >= 0.3 is 5.97 Å². The molecule has 0 radical (unpaired) electrons. The van der Waals surface area contributed by atoms with Crippen LogP contribution in [0.4, 0.5) is 16.0 Å². The summed E-state index contributed by atoms with van der Waals surface area (Å²) in [7, 11) is 0. The van der Waals surface area contributed by atoms with Gasteiger partial charge in [0.2, 0.25) is 11.2 Å². The van der Waals surface area contributed by atoms with Crippen LogP contribution < -0.4 is 10.1 Å². The van der Waals surface area contributed by atoms with Crippen LogP contribution in [0.2, 0.25) is 0 Å². The minimum atomic E-state index is -5.35. The highest BCUT2D eigenvalue weighted by Gasteiger charge is 2.33. The van der Waals surface area contributed by atoms with Gasteiger partial charge in [0, 0.05) is 5.39 Å². The summed E-state index contributed by atoms with van der Waals surface area (Å²) in [4.78, 5) is 24.0. The number of rotatable bonds is 7. The number of ether oxygens (including phenoxy) is 1. The molecule has 0 aliphatic carbocycles. The molecule has 5 nitrogen and oxygen atoms in total. The molecular formula is C24H23F4NO4S. The van der Waals surface area contributed by atoms with Crippen LogP contribution >= 0.6 is 11.2 Å². The van der Waals surface area contributed by atoms with E-state index in [-0.39, 0.29) is 17.9 Å². The van der Waals surface area contributed by atoms with Crippen molar-refractivity contribution < 1.29 is 35.5 Å². The van der Waals surface area contributed by atoms with E-state index in [0.717, 1.165) is 12.1 Å². The molecule has 3 aromatic rings. The molecule has 0 heterocycles. The molecule has 34 heavy (non-hydrogen) atoms. The van der Waals surface area contributed by atoms with Gasteiger partial charge < -0.3 is 15.2 Å². The summed E-state index contributed by atoms with van der Waals surface area (Å²) >= 11 is -5.35. The number of hydrogen-bond acceptors (Lipinski definition) is 3. The van der Waals surface area contributed by atoms with Crippen LogP contribution in [0.1, 0.15) is 36.7 Å². The van der Waals surface area contributed by atoms with Crippen LogP contribution in [0.3, 0.4) is 0 Å². The Morgan fingerprint density at radius 2 is 1.68 bits per heavy atom. The SMILES string of the molecule is CC(C)(C)C(NC(=O)c1ccc2cc(F)ccc2c1OCc1ccc(S(F)(F)F)cc1)C(=O)O. The van der Waals surface area contributed by atoms with Crippen molar-refractivity contribution in [3.8, 4) is 5.75 Å². The Bertz CT molecular complexity index is 1220. The van der Waals surface area contributed by atoms with Gasteiger partial charge in [-0.3, -0.25) is 4.79 Å². The summed E-state index contributed by atoms with van der Waals surface area (Å²) < 4.78 is 58.3. The molecule has 0 saturated heterocycles. The third-order valence-electron chi connectivity index (χ3n) is 5.14. The average molecular weight is 498 g/mol. The number of benzene rings is 3. The number of carboxylic acid groups (broad SMARTS) is 1. The highest BCUT2D eigenvalue weighted by molar-refractivity contribution is 8.20. The van der Waals surface area contributed by atoms with E-state index < -0.39 is 45.2 Å². The average Bonchev–Trinajstić information content (AvgIpc) is 2.74. The van der Waals surface area contributed by atoms with Gasteiger partial charge in [0.15, 0.2) is 0 Å². The first kappa shape index (κ1) is 25.4. The van der Waals surface area contributed by atoms with Crippen molar-refractivity contribution in [3.63, 3.8) is 0 Å². The second-order valence-corrected chi connectivity index (χ2v) is 10.0. The smallest absolute Gasteiger partial charge is 0.326 e. The maximum absolute atomic E-state index is 13.7. The minimum Gasteiger partial charge on any atom is -0.487 e. The van der Waals surface area contributed by atoms with Crippen molar-refractivity contribution in [1.82, 2.24) is 5.32 Å². The molecule has 1 amide bonds. The van der Waals surface area contributed by atoms with E-state index >= 15 is 0 Å². The second-order valence-electron chi connectivity index (χ2n) is 8.76. The first-order chi connectivity index (χ1) is 15.8. The second kappa shape index (κ2) is 9.54. The number of aliphatic carboxylic acids is 1. The molecule has 0 aliphatic rings. The molecule has 0 aromatic heterocycles. The number of hydrogen-bond donors (Lipinski definition) is 2. The molecule has 2 N–H and O–H groups in total. The summed E-state index contributed by atoms with van der Waals surface area (Å²) in [5.41, 5.74) is -0.341. The molecule has 0 saturated carbocycles. The van der Waals surface area contributed by atoms with Crippen LogP contribution in [-0.2, 0) is 11.4 Å². The fourth-order valence-electron chi connectivity index (χ4n) is 3.36. The first-order valence-electron chi connectivity index (χ1n) is 10.2. The van der Waals surface area contributed by atoms with Crippen LogP contribution in [-0.4, -0.2) is 23.0 Å². The zero-order chi connectivity index (χ0) is 25.3. The van der Waals surface area contributed by atoms with E-state index in [1.165, 1.54) is 42.5 Å². The Kier molecular flexibility index (Phi) is 7.11. The predicted octanol–water partition coefficient (Wildman–Crippen LogP) is 6.60. The van der Waals surface area contributed by atoms with Crippen LogP contribution in [0.5, 0.6) is 5.75 Å². The molecule has 0 fully saturated rings. The Balaban J connectivity index is 1.97. The number of carbonyl (C=O) groups is 2. The van der Waals surface area contributed by atoms with Crippen LogP contribution in [0.25, 0.3) is 10.8 Å². The lowest BCUT2D eigenvalue weighted by atomic mass is 9.86. The van der Waals surface area contributed by atoms with Gasteiger partial charge in [-0.05, 0) is 52.8 Å². The molecule has 10 heteroatoms. The molecule has 0 bridgehead atoms. The normalized spacial score (nSPS) is 13.4. The summed E-state index contributed by atoms with van der Waals surface area (Å²) in [6, 6.07) is 10.0. The topological polar surface area (TPSA) is 75.6 Å². The fourth-order valence-corrected chi connectivity index (χ4v) is 3.80. The molecule has 0 aliphatic heterocycles. The van der Waals surface area contributed by atoms with Crippen molar-refractivity contribution in [2.75, 3.05) is 0 Å². The number of fused-ring (bicyclic) bond motifs is 1. The third-order valence-corrected chi connectivity index (χ3v) is 5.95. The van der Waals surface area contributed by atoms with E-state index in [0.29, 0.717) is 16.3 Å². The molecular weight excluding hydrogens is 474 g/mol. The van der Waals surface area contributed by atoms with Crippen molar-refractivity contribution in [2.45, 2.75) is 38.3 Å². The lowest BCUT2D eigenvalue weighted by Crippen LogP contribution is -2.49. The lowest BCUT2D eigenvalue weighted by Gasteiger charge is -2.28. The standard InChI is InChI=1S/C24H23F4NO4S/c1-24(2,3)21(23(31)32)29-22(30)19-10-6-15-12-16(25)7-11-18(15)20(19)33-13-14-4-8-17(9-5-14)34(26,27)28/h4-12,21H,13H2,1-3H3,(H,29,30)(H,31,32). The Hall–Kier alpha value is -3.27. The van der Waals surface area contributed by atoms with Gasteiger partial charge in [0.25, 0.3) is 5.91 Å². The number of amides is 1. The number of nitrogens with one attached hydrogen (secondary N) is 1. The van der Waals surface area contributed by atoms with Gasteiger partial charge in [-0.2, -0.15) is 0 Å². The van der Waals surface area contributed by atoms with Crippen molar-refractivity contribution in [2.24, 2.45) is 5.41 Å². The van der Waals surface area contributed by atoms with Crippen LogP contribution in [0.15, 0.2) is 59.5 Å². The molecule has 1 unspecified atom stereocenters. The summed E-state index contributed by atoms with van der Waals surface area (Å²) in [6.07, 6.45) is 0. The fraction of sp³-hybridized carbons (Fsp3) is 0.250. The van der Waals surface area contributed by atoms with Gasteiger partial charge in [-0.1, -0.05) is 39.0 Å². The van der Waals surface area contributed by atoms with Crippen molar-refractivity contribution in [3.05, 3.63) is 71.5 Å². The Morgan fingerprint density at radius 3 is 2.24 bits per heavy atom. The zero-order valence-corrected chi connectivity index (χ0v) is 19.4.